The molecule has 2 heterocycles. The van der Waals surface area contributed by atoms with Gasteiger partial charge in [0.15, 0.2) is 0 Å². The molecule has 0 atom stereocenters. The molecule has 2 aromatic rings. The molecule has 0 spiro atoms. The molecule has 0 aliphatic rings. The number of oxazole rings is 1. The first kappa shape index (κ1) is 12.5. The van der Waals surface area contributed by atoms with Crippen LogP contribution in [0.1, 0.15) is 23.2 Å². The molecule has 18 heavy (non-hydrogen) atoms. The van der Waals surface area contributed by atoms with E-state index in [2.05, 4.69) is 15.0 Å². The van der Waals surface area contributed by atoms with Crippen molar-refractivity contribution in [3.05, 3.63) is 29.2 Å². The summed E-state index contributed by atoms with van der Waals surface area (Å²) in [6, 6.07) is 0. The molecular weight excluding hydrogens is 258 g/mol. The van der Waals surface area contributed by atoms with E-state index in [1.807, 2.05) is 6.92 Å². The van der Waals surface area contributed by atoms with Gasteiger partial charge in [-0.15, -0.1) is 0 Å². The number of carbonyl (C=O) groups excluding carboxylic acids is 1. The Morgan fingerprint density at radius 2 is 2.28 bits per heavy atom. The van der Waals surface area contributed by atoms with Gasteiger partial charge in [-0.05, 0) is 31.0 Å². The maximum atomic E-state index is 11.4. The SMILES string of the molecule is CCOC(=O)c1nc(-c2nc(Cl)ncc2C)co1. The molecular formula is C11H10ClN3O3. The molecule has 94 valence electrons. The smallest absolute Gasteiger partial charge is 0.394 e. The molecule has 0 bridgehead atoms. The number of esters is 1. The second kappa shape index (κ2) is 5.14. The Hall–Kier alpha value is -1.95. The zero-order valence-electron chi connectivity index (χ0n) is 9.81. The van der Waals surface area contributed by atoms with E-state index >= 15 is 0 Å². The number of halogens is 1. The summed E-state index contributed by atoms with van der Waals surface area (Å²) in [5.41, 5.74) is 1.72. The Bertz CT molecular complexity index is 583. The van der Waals surface area contributed by atoms with Crippen molar-refractivity contribution >= 4 is 17.6 Å². The highest BCUT2D eigenvalue weighted by Gasteiger charge is 2.17. The van der Waals surface area contributed by atoms with Gasteiger partial charge < -0.3 is 9.15 Å². The summed E-state index contributed by atoms with van der Waals surface area (Å²) in [6.07, 6.45) is 2.90. The Labute approximate surface area is 108 Å². The average Bonchev–Trinajstić information content (AvgIpc) is 2.82. The van der Waals surface area contributed by atoms with Gasteiger partial charge in [0.05, 0.1) is 12.3 Å². The van der Waals surface area contributed by atoms with E-state index in [4.69, 9.17) is 20.8 Å². The minimum absolute atomic E-state index is 0.108. The molecule has 0 aliphatic carbocycles. The summed E-state index contributed by atoms with van der Waals surface area (Å²) in [6.45, 7) is 3.77. The van der Waals surface area contributed by atoms with Crippen molar-refractivity contribution in [2.45, 2.75) is 13.8 Å². The van der Waals surface area contributed by atoms with Gasteiger partial charge in [0.1, 0.15) is 12.0 Å². The van der Waals surface area contributed by atoms with Gasteiger partial charge >= 0.3 is 11.9 Å². The van der Waals surface area contributed by atoms with E-state index in [0.717, 1.165) is 5.56 Å². The fourth-order valence-electron chi connectivity index (χ4n) is 1.35. The standard InChI is InChI=1S/C11H10ClN3O3/c1-3-17-10(16)9-14-7(5-18-9)8-6(2)4-13-11(12)15-8/h4-5H,3H2,1-2H3. The molecule has 0 aliphatic heterocycles. The van der Waals surface area contributed by atoms with Crippen LogP contribution in [0.5, 0.6) is 0 Å². The summed E-state index contributed by atoms with van der Waals surface area (Å²) < 4.78 is 9.82. The number of rotatable bonds is 3. The number of aryl methyl sites for hydroxylation is 1. The Morgan fingerprint density at radius 1 is 1.50 bits per heavy atom. The Morgan fingerprint density at radius 3 is 3.00 bits per heavy atom. The third-order valence-corrected chi connectivity index (χ3v) is 2.32. The van der Waals surface area contributed by atoms with E-state index in [1.165, 1.54) is 6.26 Å². The normalized spacial score (nSPS) is 10.4. The second-order valence-corrected chi connectivity index (χ2v) is 3.77. The Balaban J connectivity index is 2.35. The quantitative estimate of drug-likeness (QED) is 0.627. The first-order valence-corrected chi connectivity index (χ1v) is 5.61. The maximum Gasteiger partial charge on any atom is 0.394 e. The zero-order valence-corrected chi connectivity index (χ0v) is 10.6. The average molecular weight is 268 g/mol. The summed E-state index contributed by atoms with van der Waals surface area (Å²) in [5.74, 6) is -0.720. The van der Waals surface area contributed by atoms with Gasteiger partial charge in [-0.2, -0.15) is 0 Å². The van der Waals surface area contributed by atoms with Crippen molar-refractivity contribution in [1.82, 2.24) is 15.0 Å². The number of aromatic nitrogens is 3. The van der Waals surface area contributed by atoms with Gasteiger partial charge in [0, 0.05) is 6.20 Å². The van der Waals surface area contributed by atoms with Crippen LogP contribution in [-0.4, -0.2) is 27.5 Å². The lowest BCUT2D eigenvalue weighted by molar-refractivity contribution is 0.0481. The highest BCUT2D eigenvalue weighted by Crippen LogP contribution is 2.21. The van der Waals surface area contributed by atoms with Gasteiger partial charge in [-0.25, -0.2) is 19.7 Å². The van der Waals surface area contributed by atoms with Crippen LogP contribution in [0.3, 0.4) is 0 Å². The van der Waals surface area contributed by atoms with Gasteiger partial charge in [-0.3, -0.25) is 0 Å². The van der Waals surface area contributed by atoms with Crippen LogP contribution in [0.15, 0.2) is 16.9 Å². The van der Waals surface area contributed by atoms with Crippen LogP contribution in [0.2, 0.25) is 5.28 Å². The minimum atomic E-state index is -0.610. The molecule has 7 heteroatoms. The predicted octanol–water partition coefficient (Wildman–Crippen LogP) is 2.27. The van der Waals surface area contributed by atoms with E-state index in [-0.39, 0.29) is 17.8 Å². The zero-order chi connectivity index (χ0) is 13.1. The van der Waals surface area contributed by atoms with E-state index in [1.54, 1.807) is 13.1 Å². The maximum absolute atomic E-state index is 11.4. The number of nitrogens with zero attached hydrogens (tertiary/aromatic N) is 3. The van der Waals surface area contributed by atoms with Gasteiger partial charge in [0.25, 0.3) is 0 Å². The Kier molecular flexibility index (Phi) is 3.57. The second-order valence-electron chi connectivity index (χ2n) is 3.43. The summed E-state index contributed by atoms with van der Waals surface area (Å²) in [5, 5.41) is 0.108. The number of ether oxygens (including phenoxy) is 1. The lowest BCUT2D eigenvalue weighted by Crippen LogP contribution is -2.04. The van der Waals surface area contributed by atoms with Crippen molar-refractivity contribution in [2.75, 3.05) is 6.61 Å². The molecule has 0 radical (unpaired) electrons. The van der Waals surface area contributed by atoms with Crippen LogP contribution < -0.4 is 0 Å². The molecule has 2 rings (SSSR count). The van der Waals surface area contributed by atoms with Crippen LogP contribution in [0.25, 0.3) is 11.4 Å². The molecule has 0 N–H and O–H groups in total. The van der Waals surface area contributed by atoms with Crippen LogP contribution in [-0.2, 0) is 4.74 Å². The minimum Gasteiger partial charge on any atom is -0.459 e. The predicted molar refractivity (Wildman–Crippen MR) is 63.2 cm³/mol. The topological polar surface area (TPSA) is 78.1 Å². The molecule has 0 fully saturated rings. The summed E-state index contributed by atoms with van der Waals surface area (Å²) in [7, 11) is 0. The molecule has 2 aromatic heterocycles. The summed E-state index contributed by atoms with van der Waals surface area (Å²) >= 11 is 5.71. The fraction of sp³-hybridized carbons (Fsp3) is 0.273. The molecule has 0 saturated heterocycles. The van der Waals surface area contributed by atoms with E-state index in [0.29, 0.717) is 11.4 Å². The molecule has 0 amide bonds. The third kappa shape index (κ3) is 2.48. The monoisotopic (exact) mass is 267 g/mol. The number of hydrogen-bond donors (Lipinski definition) is 0. The lowest BCUT2D eigenvalue weighted by Gasteiger charge is -1.99. The van der Waals surface area contributed by atoms with Gasteiger partial charge in [0.2, 0.25) is 5.28 Å². The van der Waals surface area contributed by atoms with Gasteiger partial charge in [-0.1, -0.05) is 0 Å². The fourth-order valence-corrected chi connectivity index (χ4v) is 1.48. The van der Waals surface area contributed by atoms with E-state index < -0.39 is 5.97 Å². The van der Waals surface area contributed by atoms with Crippen molar-refractivity contribution in [3.63, 3.8) is 0 Å². The summed E-state index contributed by atoms with van der Waals surface area (Å²) in [4.78, 5) is 23.3. The first-order chi connectivity index (χ1) is 8.61. The van der Waals surface area contributed by atoms with Crippen molar-refractivity contribution in [1.29, 1.82) is 0 Å². The molecule has 0 aromatic carbocycles. The highest BCUT2D eigenvalue weighted by molar-refractivity contribution is 6.28. The number of hydrogen-bond acceptors (Lipinski definition) is 6. The van der Waals surface area contributed by atoms with E-state index in [9.17, 15) is 4.79 Å². The van der Waals surface area contributed by atoms with Crippen LogP contribution in [0, 0.1) is 6.92 Å². The molecule has 6 nitrogen and oxygen atoms in total. The van der Waals surface area contributed by atoms with Crippen LogP contribution in [0.4, 0.5) is 0 Å². The first-order valence-electron chi connectivity index (χ1n) is 5.24. The highest BCUT2D eigenvalue weighted by atomic mass is 35.5. The van der Waals surface area contributed by atoms with Crippen molar-refractivity contribution < 1.29 is 13.9 Å². The molecule has 0 saturated carbocycles. The largest absolute Gasteiger partial charge is 0.459 e. The van der Waals surface area contributed by atoms with Crippen molar-refractivity contribution in [2.24, 2.45) is 0 Å². The van der Waals surface area contributed by atoms with Crippen molar-refractivity contribution in [3.8, 4) is 11.4 Å². The number of carbonyl (C=O) groups is 1. The lowest BCUT2D eigenvalue weighted by atomic mass is 10.2. The third-order valence-electron chi connectivity index (χ3n) is 2.14. The molecule has 0 unspecified atom stereocenters. The van der Waals surface area contributed by atoms with Crippen LogP contribution >= 0.6 is 11.6 Å².